The summed E-state index contributed by atoms with van der Waals surface area (Å²) in [6.45, 7) is 4.33. The van der Waals surface area contributed by atoms with Crippen LogP contribution in [0, 0.1) is 10.1 Å². The Labute approximate surface area is 158 Å². The third-order valence-electron chi connectivity index (χ3n) is 4.57. The van der Waals surface area contributed by atoms with Gasteiger partial charge in [0, 0.05) is 24.2 Å². The van der Waals surface area contributed by atoms with Crippen molar-refractivity contribution in [1.82, 2.24) is 4.72 Å². The number of quaternary nitrogens is 1. The number of benzene rings is 2. The number of hydrogen-bond acceptors (Lipinski definition) is 5. The first-order valence-corrected chi connectivity index (χ1v) is 10.2. The smallest absolute Gasteiger partial charge is 0.269 e. The molecule has 3 rings (SSSR count). The van der Waals surface area contributed by atoms with E-state index in [-0.39, 0.29) is 17.1 Å². The molecule has 8 nitrogen and oxygen atoms in total. The van der Waals surface area contributed by atoms with Gasteiger partial charge in [-0.15, -0.1) is 0 Å². The van der Waals surface area contributed by atoms with Crippen molar-refractivity contribution in [2.75, 3.05) is 26.3 Å². The second-order valence-corrected chi connectivity index (χ2v) is 8.15. The van der Waals surface area contributed by atoms with E-state index < -0.39 is 14.9 Å². The second-order valence-electron chi connectivity index (χ2n) is 6.38. The summed E-state index contributed by atoms with van der Waals surface area (Å²) in [5.74, 6) is 0. The molecule has 0 spiro atoms. The van der Waals surface area contributed by atoms with Crippen LogP contribution in [0.15, 0.2) is 53.4 Å². The Morgan fingerprint density at radius 2 is 1.67 bits per heavy atom. The summed E-state index contributed by atoms with van der Waals surface area (Å²) in [5.41, 5.74) is 1.87. The molecule has 0 bridgehead atoms. The van der Waals surface area contributed by atoms with Gasteiger partial charge < -0.3 is 9.64 Å². The fourth-order valence-electron chi connectivity index (χ4n) is 3.01. The molecule has 2 aromatic carbocycles. The summed E-state index contributed by atoms with van der Waals surface area (Å²) in [7, 11) is -3.75. The molecular weight excluding hydrogens is 370 g/mol. The fourth-order valence-corrected chi connectivity index (χ4v) is 4.02. The lowest BCUT2D eigenvalue weighted by Crippen LogP contribution is -3.12. The average Bonchev–Trinajstić information content (AvgIpc) is 2.68. The maximum atomic E-state index is 12.5. The maximum Gasteiger partial charge on any atom is 0.269 e. The van der Waals surface area contributed by atoms with Crippen LogP contribution in [0.3, 0.4) is 0 Å². The predicted molar refractivity (Wildman–Crippen MR) is 98.8 cm³/mol. The predicted octanol–water partition coefficient (Wildman–Crippen LogP) is 0.488. The Morgan fingerprint density at radius 1 is 1.04 bits per heavy atom. The molecule has 9 heteroatoms. The van der Waals surface area contributed by atoms with E-state index in [0.717, 1.165) is 44.0 Å². The number of hydrogen-bond donors (Lipinski definition) is 2. The van der Waals surface area contributed by atoms with Crippen LogP contribution in [0.25, 0.3) is 0 Å². The van der Waals surface area contributed by atoms with Gasteiger partial charge in [0.05, 0.1) is 23.0 Å². The van der Waals surface area contributed by atoms with Crippen LogP contribution >= 0.6 is 0 Å². The molecule has 0 atom stereocenters. The summed E-state index contributed by atoms with van der Waals surface area (Å²) < 4.78 is 32.9. The highest BCUT2D eigenvalue weighted by Gasteiger charge is 2.18. The summed E-state index contributed by atoms with van der Waals surface area (Å²) in [6, 6.07) is 12.6. The molecule has 1 heterocycles. The zero-order valence-corrected chi connectivity index (χ0v) is 15.6. The second kappa shape index (κ2) is 8.57. The number of nitrogens with zero attached hydrogens (tertiary/aromatic N) is 1. The number of rotatable bonds is 7. The number of nitro groups is 1. The molecule has 1 aliphatic rings. The number of ether oxygens (including phenoxy) is 1. The zero-order chi connectivity index (χ0) is 19.3. The molecule has 0 saturated carbocycles. The van der Waals surface area contributed by atoms with E-state index in [9.17, 15) is 18.5 Å². The molecule has 1 fully saturated rings. The Hall–Kier alpha value is -2.33. The number of nitro benzene ring substituents is 1. The molecule has 1 saturated heterocycles. The van der Waals surface area contributed by atoms with Crippen LogP contribution in [0.4, 0.5) is 5.69 Å². The number of non-ortho nitro benzene ring substituents is 1. The molecule has 0 aromatic heterocycles. The molecule has 0 aliphatic carbocycles. The third kappa shape index (κ3) is 5.10. The van der Waals surface area contributed by atoms with Crippen LogP contribution in [0.1, 0.15) is 11.1 Å². The van der Waals surface area contributed by atoms with E-state index in [2.05, 4.69) is 4.72 Å². The molecule has 27 heavy (non-hydrogen) atoms. The van der Waals surface area contributed by atoms with Crippen molar-refractivity contribution in [3.05, 3.63) is 69.8 Å². The van der Waals surface area contributed by atoms with Gasteiger partial charge in [0.25, 0.3) is 5.69 Å². The van der Waals surface area contributed by atoms with Gasteiger partial charge in [-0.2, -0.15) is 0 Å². The number of nitrogens with one attached hydrogen (secondary N) is 2. The Bertz CT molecular complexity index is 893. The molecule has 0 unspecified atom stereocenters. The molecule has 2 aromatic rings. The molecule has 0 radical (unpaired) electrons. The average molecular weight is 392 g/mol. The minimum Gasteiger partial charge on any atom is -0.370 e. The van der Waals surface area contributed by atoms with Crippen molar-refractivity contribution in [3.63, 3.8) is 0 Å². The highest BCUT2D eigenvalue weighted by atomic mass is 32.2. The van der Waals surface area contributed by atoms with Crippen molar-refractivity contribution in [2.45, 2.75) is 18.0 Å². The largest absolute Gasteiger partial charge is 0.370 e. The molecule has 144 valence electrons. The lowest BCUT2D eigenvalue weighted by Gasteiger charge is -2.24. The van der Waals surface area contributed by atoms with Gasteiger partial charge in [0.2, 0.25) is 10.0 Å². The first-order valence-electron chi connectivity index (χ1n) is 8.68. The van der Waals surface area contributed by atoms with Crippen LogP contribution in [0.5, 0.6) is 0 Å². The highest BCUT2D eigenvalue weighted by molar-refractivity contribution is 7.89. The van der Waals surface area contributed by atoms with Gasteiger partial charge in [-0.25, -0.2) is 13.1 Å². The third-order valence-corrected chi connectivity index (χ3v) is 5.99. The first-order chi connectivity index (χ1) is 13.0. The Kier molecular flexibility index (Phi) is 6.17. The van der Waals surface area contributed by atoms with Crippen LogP contribution < -0.4 is 9.62 Å². The van der Waals surface area contributed by atoms with Crippen molar-refractivity contribution in [1.29, 1.82) is 0 Å². The standard InChI is InChI=1S/C18H21N3O5S/c22-21(23)17-5-7-18(8-6-17)27(24,25)19-13-15-3-1-2-4-16(15)14-20-9-11-26-12-10-20/h1-8,19H,9-14H2/p+1. The SMILES string of the molecule is O=[N+]([O-])c1ccc(S(=O)(=O)NCc2ccccc2C[NH+]2CCOCC2)cc1. The highest BCUT2D eigenvalue weighted by Crippen LogP contribution is 2.16. The van der Waals surface area contributed by atoms with Crippen LogP contribution in [0.2, 0.25) is 0 Å². The van der Waals surface area contributed by atoms with Crippen molar-refractivity contribution in [2.24, 2.45) is 0 Å². The summed E-state index contributed by atoms with van der Waals surface area (Å²) in [5, 5.41) is 10.7. The lowest BCUT2D eigenvalue weighted by molar-refractivity contribution is -0.921. The molecule has 0 amide bonds. The van der Waals surface area contributed by atoms with Crippen molar-refractivity contribution in [3.8, 4) is 0 Å². The Morgan fingerprint density at radius 3 is 2.30 bits per heavy atom. The van der Waals surface area contributed by atoms with Gasteiger partial charge in [-0.05, 0) is 17.7 Å². The molecule has 2 N–H and O–H groups in total. The van der Waals surface area contributed by atoms with Crippen LogP contribution in [-0.4, -0.2) is 39.6 Å². The van der Waals surface area contributed by atoms with Crippen molar-refractivity contribution >= 4 is 15.7 Å². The summed E-state index contributed by atoms with van der Waals surface area (Å²) >= 11 is 0. The summed E-state index contributed by atoms with van der Waals surface area (Å²) in [6.07, 6.45) is 0. The lowest BCUT2D eigenvalue weighted by atomic mass is 10.1. The Balaban J connectivity index is 1.69. The van der Waals surface area contributed by atoms with Gasteiger partial charge >= 0.3 is 0 Å². The maximum absolute atomic E-state index is 12.5. The number of morpholine rings is 1. The normalized spacial score (nSPS) is 15.6. The minimum atomic E-state index is -3.75. The van der Waals surface area contributed by atoms with E-state index in [1.165, 1.54) is 29.2 Å². The van der Waals surface area contributed by atoms with Crippen LogP contribution in [-0.2, 0) is 27.8 Å². The molecular formula is C18H22N3O5S+. The van der Waals surface area contributed by atoms with Gasteiger partial charge in [-0.1, -0.05) is 24.3 Å². The minimum absolute atomic E-state index is 0.00406. The van der Waals surface area contributed by atoms with E-state index in [1.807, 2.05) is 24.3 Å². The van der Waals surface area contributed by atoms with E-state index in [0.29, 0.717) is 0 Å². The van der Waals surface area contributed by atoms with E-state index in [4.69, 9.17) is 4.74 Å². The summed E-state index contributed by atoms with van der Waals surface area (Å²) in [4.78, 5) is 11.6. The molecule has 1 aliphatic heterocycles. The van der Waals surface area contributed by atoms with Gasteiger partial charge in [0.15, 0.2) is 0 Å². The van der Waals surface area contributed by atoms with Gasteiger partial charge in [-0.3, -0.25) is 10.1 Å². The van der Waals surface area contributed by atoms with E-state index in [1.54, 1.807) is 0 Å². The number of sulfonamides is 1. The topological polar surface area (TPSA) is 103 Å². The first kappa shape index (κ1) is 19.4. The quantitative estimate of drug-likeness (QED) is 0.527. The van der Waals surface area contributed by atoms with E-state index >= 15 is 0 Å². The van der Waals surface area contributed by atoms with Crippen molar-refractivity contribution < 1.29 is 23.0 Å². The zero-order valence-electron chi connectivity index (χ0n) is 14.8. The van der Waals surface area contributed by atoms with Gasteiger partial charge in [0.1, 0.15) is 19.6 Å². The monoisotopic (exact) mass is 392 g/mol. The fraction of sp³-hybridized carbons (Fsp3) is 0.333.